The quantitative estimate of drug-likeness (QED) is 0.496. The molecule has 0 atom stereocenters. The fourth-order valence-electron chi connectivity index (χ4n) is 2.29. The molecule has 2 aromatic heterocycles. The standard InChI is InChI=1S/C16H11NO2/c1-10-6-7-14-13(8-10)17-16(19-14)15-12-5-3-2-4-11(12)9-18-15/h2-9H,1H3. The maximum absolute atomic E-state index is 5.77. The lowest BCUT2D eigenvalue weighted by molar-refractivity contribution is 0.538. The molecule has 2 heterocycles. The van der Waals surface area contributed by atoms with Gasteiger partial charge in [0.15, 0.2) is 11.3 Å². The third kappa shape index (κ3) is 1.55. The molecule has 4 aromatic rings. The van der Waals surface area contributed by atoms with Gasteiger partial charge in [-0.3, -0.25) is 0 Å². The summed E-state index contributed by atoms with van der Waals surface area (Å²) in [6.45, 7) is 2.04. The molecule has 0 spiro atoms. The van der Waals surface area contributed by atoms with E-state index in [0.29, 0.717) is 11.7 Å². The number of aromatic nitrogens is 1. The fraction of sp³-hybridized carbons (Fsp3) is 0.0625. The van der Waals surface area contributed by atoms with Crippen molar-refractivity contribution in [3.63, 3.8) is 0 Å². The molecular formula is C16H11NO2. The van der Waals surface area contributed by atoms with Crippen LogP contribution in [0.1, 0.15) is 5.56 Å². The number of rotatable bonds is 1. The Hall–Kier alpha value is -2.55. The van der Waals surface area contributed by atoms with E-state index in [1.165, 1.54) is 0 Å². The molecule has 0 saturated heterocycles. The van der Waals surface area contributed by atoms with Crippen molar-refractivity contribution in [1.29, 1.82) is 0 Å². The Bertz CT molecular complexity index is 886. The molecule has 4 rings (SSSR count). The predicted octanol–water partition coefficient (Wildman–Crippen LogP) is 4.55. The minimum Gasteiger partial charge on any atom is -0.458 e. The molecule has 0 amide bonds. The Balaban J connectivity index is 1.99. The molecule has 19 heavy (non-hydrogen) atoms. The third-order valence-corrected chi connectivity index (χ3v) is 3.25. The van der Waals surface area contributed by atoms with E-state index < -0.39 is 0 Å². The van der Waals surface area contributed by atoms with Crippen LogP contribution < -0.4 is 0 Å². The molecular weight excluding hydrogens is 238 g/mol. The summed E-state index contributed by atoms with van der Waals surface area (Å²) >= 11 is 0. The van der Waals surface area contributed by atoms with Crippen molar-refractivity contribution in [2.24, 2.45) is 0 Å². The SMILES string of the molecule is Cc1ccc2oc(-c3occ4ccccc34)nc2c1. The number of fused-ring (bicyclic) bond motifs is 2. The lowest BCUT2D eigenvalue weighted by Crippen LogP contribution is -1.74. The van der Waals surface area contributed by atoms with Gasteiger partial charge >= 0.3 is 0 Å². The molecule has 0 N–H and O–H groups in total. The van der Waals surface area contributed by atoms with Crippen molar-refractivity contribution < 1.29 is 8.83 Å². The van der Waals surface area contributed by atoms with Crippen molar-refractivity contribution in [2.75, 3.05) is 0 Å². The molecule has 3 nitrogen and oxygen atoms in total. The highest BCUT2D eigenvalue weighted by Crippen LogP contribution is 2.32. The molecule has 3 heteroatoms. The summed E-state index contributed by atoms with van der Waals surface area (Å²) < 4.78 is 11.4. The van der Waals surface area contributed by atoms with E-state index in [-0.39, 0.29) is 0 Å². The average Bonchev–Trinajstić information content (AvgIpc) is 3.00. The van der Waals surface area contributed by atoms with E-state index in [1.807, 2.05) is 49.4 Å². The van der Waals surface area contributed by atoms with Gasteiger partial charge < -0.3 is 8.83 Å². The summed E-state index contributed by atoms with van der Waals surface area (Å²) in [6.07, 6.45) is 1.73. The zero-order valence-corrected chi connectivity index (χ0v) is 10.4. The van der Waals surface area contributed by atoms with Gasteiger partial charge in [-0.2, -0.15) is 0 Å². The second-order valence-electron chi connectivity index (χ2n) is 4.64. The van der Waals surface area contributed by atoms with Gasteiger partial charge in [0.2, 0.25) is 0 Å². The van der Waals surface area contributed by atoms with Crippen LogP contribution in [0.25, 0.3) is 33.5 Å². The molecule has 0 saturated carbocycles. The lowest BCUT2D eigenvalue weighted by Gasteiger charge is -1.90. The Kier molecular flexibility index (Phi) is 2.03. The number of benzene rings is 2. The first-order valence-electron chi connectivity index (χ1n) is 6.15. The predicted molar refractivity (Wildman–Crippen MR) is 74.0 cm³/mol. The Morgan fingerprint density at radius 1 is 1.05 bits per heavy atom. The van der Waals surface area contributed by atoms with Crippen LogP contribution in [0.2, 0.25) is 0 Å². The van der Waals surface area contributed by atoms with Gasteiger partial charge in [-0.15, -0.1) is 0 Å². The van der Waals surface area contributed by atoms with Crippen LogP contribution in [0.4, 0.5) is 0 Å². The molecule has 0 aliphatic heterocycles. The summed E-state index contributed by atoms with van der Waals surface area (Å²) in [4.78, 5) is 4.51. The van der Waals surface area contributed by atoms with Gasteiger partial charge in [-0.25, -0.2) is 4.98 Å². The molecule has 0 unspecified atom stereocenters. The number of oxazole rings is 1. The highest BCUT2D eigenvalue weighted by Gasteiger charge is 2.14. The third-order valence-electron chi connectivity index (χ3n) is 3.25. The minimum absolute atomic E-state index is 0.529. The number of aryl methyl sites for hydroxylation is 1. The summed E-state index contributed by atoms with van der Waals surface area (Å²) in [5.74, 6) is 1.21. The maximum Gasteiger partial charge on any atom is 0.264 e. The first-order valence-corrected chi connectivity index (χ1v) is 6.15. The molecule has 0 fully saturated rings. The number of furan rings is 1. The fourth-order valence-corrected chi connectivity index (χ4v) is 2.29. The largest absolute Gasteiger partial charge is 0.458 e. The van der Waals surface area contributed by atoms with Gasteiger partial charge in [-0.05, 0) is 24.6 Å². The first-order chi connectivity index (χ1) is 9.31. The van der Waals surface area contributed by atoms with E-state index in [2.05, 4.69) is 4.98 Å². The minimum atomic E-state index is 0.529. The zero-order chi connectivity index (χ0) is 12.8. The Morgan fingerprint density at radius 2 is 1.95 bits per heavy atom. The van der Waals surface area contributed by atoms with Gasteiger partial charge in [0.25, 0.3) is 5.89 Å². The summed E-state index contributed by atoms with van der Waals surface area (Å²) in [6, 6.07) is 13.9. The normalized spacial score (nSPS) is 11.4. The Labute approximate surface area is 109 Å². The van der Waals surface area contributed by atoms with E-state index in [0.717, 1.165) is 27.4 Å². The lowest BCUT2D eigenvalue weighted by atomic mass is 10.2. The van der Waals surface area contributed by atoms with Gasteiger partial charge in [0.05, 0.1) is 6.26 Å². The smallest absolute Gasteiger partial charge is 0.264 e. The molecule has 92 valence electrons. The van der Waals surface area contributed by atoms with Crippen molar-refractivity contribution in [3.05, 3.63) is 54.3 Å². The number of hydrogen-bond donors (Lipinski definition) is 0. The van der Waals surface area contributed by atoms with Crippen molar-refractivity contribution in [2.45, 2.75) is 6.92 Å². The Morgan fingerprint density at radius 3 is 2.89 bits per heavy atom. The van der Waals surface area contributed by atoms with E-state index in [4.69, 9.17) is 8.83 Å². The first kappa shape index (κ1) is 10.4. The van der Waals surface area contributed by atoms with Gasteiger partial charge in [-0.1, -0.05) is 30.3 Å². The molecule has 2 aromatic carbocycles. The van der Waals surface area contributed by atoms with E-state index in [9.17, 15) is 0 Å². The van der Waals surface area contributed by atoms with Crippen LogP contribution >= 0.6 is 0 Å². The van der Waals surface area contributed by atoms with Gasteiger partial charge in [0.1, 0.15) is 5.52 Å². The summed E-state index contributed by atoms with van der Waals surface area (Å²) in [5, 5.41) is 2.07. The maximum atomic E-state index is 5.77. The average molecular weight is 249 g/mol. The van der Waals surface area contributed by atoms with E-state index in [1.54, 1.807) is 6.26 Å². The molecule has 0 radical (unpaired) electrons. The monoisotopic (exact) mass is 249 g/mol. The molecule has 0 bridgehead atoms. The highest BCUT2D eigenvalue weighted by atomic mass is 16.4. The van der Waals surface area contributed by atoms with Crippen LogP contribution in [0.15, 0.2) is 57.6 Å². The van der Waals surface area contributed by atoms with E-state index >= 15 is 0 Å². The van der Waals surface area contributed by atoms with Crippen LogP contribution in [-0.4, -0.2) is 4.98 Å². The topological polar surface area (TPSA) is 39.2 Å². The van der Waals surface area contributed by atoms with Crippen LogP contribution in [0.5, 0.6) is 0 Å². The summed E-state index contributed by atoms with van der Waals surface area (Å²) in [7, 11) is 0. The highest BCUT2D eigenvalue weighted by molar-refractivity contribution is 5.93. The van der Waals surface area contributed by atoms with Crippen LogP contribution in [0.3, 0.4) is 0 Å². The summed E-state index contributed by atoms with van der Waals surface area (Å²) in [5.41, 5.74) is 2.80. The van der Waals surface area contributed by atoms with Crippen molar-refractivity contribution in [1.82, 2.24) is 4.98 Å². The zero-order valence-electron chi connectivity index (χ0n) is 10.4. The molecule has 0 aliphatic carbocycles. The van der Waals surface area contributed by atoms with Crippen LogP contribution in [-0.2, 0) is 0 Å². The van der Waals surface area contributed by atoms with Crippen molar-refractivity contribution >= 4 is 21.9 Å². The van der Waals surface area contributed by atoms with Crippen molar-refractivity contribution in [3.8, 4) is 11.7 Å². The second-order valence-corrected chi connectivity index (χ2v) is 4.64. The number of nitrogens with zero attached hydrogens (tertiary/aromatic N) is 1. The van der Waals surface area contributed by atoms with Crippen LogP contribution in [0, 0.1) is 6.92 Å². The molecule has 0 aliphatic rings. The van der Waals surface area contributed by atoms with Gasteiger partial charge in [0, 0.05) is 10.8 Å². The second kappa shape index (κ2) is 3.72. The number of hydrogen-bond acceptors (Lipinski definition) is 3.